The number of fused-ring (bicyclic) bond motifs is 3. The van der Waals surface area contributed by atoms with Gasteiger partial charge in [0.1, 0.15) is 0 Å². The lowest BCUT2D eigenvalue weighted by atomic mass is 10.0. The Balaban J connectivity index is 1.86. The first-order valence-electron chi connectivity index (χ1n) is 9.83. The number of rotatable bonds is 4. The maximum atomic E-state index is 4.88. The number of nitrogens with zero attached hydrogens (tertiary/aromatic N) is 1. The molecule has 0 aliphatic rings. The number of pyridine rings is 1. The molecule has 2 nitrogen and oxygen atoms in total. The van der Waals surface area contributed by atoms with Crippen LogP contribution in [0.25, 0.3) is 33.1 Å². The van der Waals surface area contributed by atoms with E-state index in [0.717, 1.165) is 12.1 Å². The smallest absolute Gasteiger partial charge is 0.0799 e. The van der Waals surface area contributed by atoms with Gasteiger partial charge in [-0.3, -0.25) is 4.98 Å². The number of benzene rings is 2. The number of nitrogens with one attached hydrogen (secondary N) is 1. The zero-order chi connectivity index (χ0) is 19.2. The van der Waals surface area contributed by atoms with Crippen LogP contribution < -0.4 is 5.19 Å². The molecular weight excluding hydrogens is 344 g/mol. The number of aromatic amines is 1. The molecule has 1 N–H and O–H groups in total. The first-order valence-corrected chi connectivity index (χ1v) is 13.3. The Morgan fingerprint density at radius 3 is 2.41 bits per heavy atom. The van der Waals surface area contributed by atoms with E-state index >= 15 is 0 Å². The van der Waals surface area contributed by atoms with Crippen molar-refractivity contribution < 1.29 is 0 Å². The molecule has 138 valence electrons. The largest absolute Gasteiger partial charge is 0.355 e. The van der Waals surface area contributed by atoms with Crippen LogP contribution in [0, 0.1) is 5.92 Å². The molecule has 0 aliphatic heterocycles. The van der Waals surface area contributed by atoms with Crippen LogP contribution in [0.5, 0.6) is 0 Å². The molecule has 0 fully saturated rings. The summed E-state index contributed by atoms with van der Waals surface area (Å²) in [5.41, 5.74) is 6.13. The van der Waals surface area contributed by atoms with Crippen LogP contribution in [0.2, 0.25) is 19.6 Å². The summed E-state index contributed by atoms with van der Waals surface area (Å²) in [5.74, 6) is 0.645. The average Bonchev–Trinajstić information content (AvgIpc) is 2.98. The van der Waals surface area contributed by atoms with Gasteiger partial charge in [0.2, 0.25) is 0 Å². The van der Waals surface area contributed by atoms with Crippen molar-refractivity contribution in [3.05, 3.63) is 60.3 Å². The summed E-state index contributed by atoms with van der Waals surface area (Å²) in [4.78, 5) is 8.39. The van der Waals surface area contributed by atoms with E-state index in [0.29, 0.717) is 5.92 Å². The molecule has 0 atom stereocenters. The molecule has 2 heterocycles. The fraction of sp³-hybridized carbons (Fsp3) is 0.292. The van der Waals surface area contributed by atoms with Gasteiger partial charge >= 0.3 is 0 Å². The molecule has 0 amide bonds. The Kier molecular flexibility index (Phi) is 4.43. The maximum absolute atomic E-state index is 4.88. The standard InChI is InChI=1S/C24H28N2Si/c1-16(2)12-18-14-23(25-15-24(18)27(3,4)5)17-10-11-22-20(13-17)19-8-6-7-9-21(19)26-22/h6-11,13-16,26H,12H2,1-5H3. The van der Waals surface area contributed by atoms with Crippen molar-refractivity contribution in [1.29, 1.82) is 0 Å². The Hall–Kier alpha value is -2.39. The van der Waals surface area contributed by atoms with Gasteiger partial charge in [-0.05, 0) is 47.4 Å². The predicted molar refractivity (Wildman–Crippen MR) is 121 cm³/mol. The molecular formula is C24H28N2Si. The number of hydrogen-bond acceptors (Lipinski definition) is 1. The molecule has 27 heavy (non-hydrogen) atoms. The quantitative estimate of drug-likeness (QED) is 0.429. The van der Waals surface area contributed by atoms with Gasteiger partial charge in [-0.15, -0.1) is 0 Å². The van der Waals surface area contributed by atoms with Gasteiger partial charge in [0.15, 0.2) is 0 Å². The van der Waals surface area contributed by atoms with Crippen molar-refractivity contribution >= 4 is 35.1 Å². The van der Waals surface area contributed by atoms with Crippen LogP contribution >= 0.6 is 0 Å². The van der Waals surface area contributed by atoms with Crippen LogP contribution in [-0.2, 0) is 6.42 Å². The van der Waals surface area contributed by atoms with E-state index in [-0.39, 0.29) is 0 Å². The molecule has 4 rings (SSSR count). The molecule has 0 aliphatic carbocycles. The molecule has 0 bridgehead atoms. The van der Waals surface area contributed by atoms with E-state index in [1.807, 2.05) is 0 Å². The minimum Gasteiger partial charge on any atom is -0.355 e. The van der Waals surface area contributed by atoms with Gasteiger partial charge in [0, 0.05) is 33.6 Å². The Morgan fingerprint density at radius 2 is 1.67 bits per heavy atom. The van der Waals surface area contributed by atoms with E-state index in [2.05, 4.69) is 93.2 Å². The third-order valence-corrected chi connectivity index (χ3v) is 7.29. The first kappa shape index (κ1) is 18.0. The summed E-state index contributed by atoms with van der Waals surface area (Å²) in [6.45, 7) is 11.8. The Bertz CT molecular complexity index is 1120. The molecule has 3 heteroatoms. The highest BCUT2D eigenvalue weighted by Crippen LogP contribution is 2.29. The first-order chi connectivity index (χ1) is 12.8. The molecule has 2 aromatic carbocycles. The van der Waals surface area contributed by atoms with Crippen molar-refractivity contribution in [2.75, 3.05) is 0 Å². The number of hydrogen-bond donors (Lipinski definition) is 1. The maximum Gasteiger partial charge on any atom is 0.0799 e. The van der Waals surface area contributed by atoms with Crippen LogP contribution in [0.15, 0.2) is 54.7 Å². The van der Waals surface area contributed by atoms with Gasteiger partial charge in [0.25, 0.3) is 0 Å². The summed E-state index contributed by atoms with van der Waals surface area (Å²) in [7, 11) is -1.41. The lowest BCUT2D eigenvalue weighted by Crippen LogP contribution is -2.40. The molecule has 2 aromatic heterocycles. The number of para-hydroxylation sites is 1. The average molecular weight is 373 g/mol. The van der Waals surface area contributed by atoms with Crippen molar-refractivity contribution in [3.8, 4) is 11.3 Å². The van der Waals surface area contributed by atoms with E-state index in [4.69, 9.17) is 4.98 Å². The zero-order valence-electron chi connectivity index (χ0n) is 16.9. The normalized spacial score (nSPS) is 12.4. The second-order valence-corrected chi connectivity index (χ2v) is 14.0. The van der Waals surface area contributed by atoms with Crippen molar-refractivity contribution in [3.63, 3.8) is 0 Å². The molecule has 0 unspecified atom stereocenters. The second-order valence-electron chi connectivity index (χ2n) is 9.01. The van der Waals surface area contributed by atoms with Crippen molar-refractivity contribution in [2.45, 2.75) is 39.9 Å². The summed E-state index contributed by atoms with van der Waals surface area (Å²) in [6, 6.07) is 17.5. The molecule has 0 saturated heterocycles. The monoisotopic (exact) mass is 372 g/mol. The molecule has 0 radical (unpaired) electrons. The predicted octanol–water partition coefficient (Wildman–Crippen LogP) is 6.13. The van der Waals surface area contributed by atoms with Crippen molar-refractivity contribution in [2.24, 2.45) is 5.92 Å². The van der Waals surface area contributed by atoms with E-state index < -0.39 is 8.07 Å². The SMILES string of the molecule is CC(C)Cc1cc(-c2ccc3[nH]c4ccccc4c3c2)ncc1[Si](C)(C)C. The van der Waals surface area contributed by atoms with Crippen LogP contribution in [0.1, 0.15) is 19.4 Å². The number of aromatic nitrogens is 2. The zero-order valence-corrected chi connectivity index (χ0v) is 17.9. The Labute approximate surface area is 162 Å². The minimum atomic E-state index is -1.41. The fourth-order valence-corrected chi connectivity index (χ4v) is 5.54. The van der Waals surface area contributed by atoms with Gasteiger partial charge < -0.3 is 4.98 Å². The Morgan fingerprint density at radius 1 is 0.926 bits per heavy atom. The van der Waals surface area contributed by atoms with E-state index in [1.165, 1.54) is 38.1 Å². The van der Waals surface area contributed by atoms with Gasteiger partial charge in [-0.25, -0.2) is 0 Å². The summed E-state index contributed by atoms with van der Waals surface area (Å²) < 4.78 is 0. The highest BCUT2D eigenvalue weighted by molar-refractivity contribution is 6.89. The van der Waals surface area contributed by atoms with Gasteiger partial charge in [-0.1, -0.05) is 57.8 Å². The van der Waals surface area contributed by atoms with Crippen LogP contribution in [0.3, 0.4) is 0 Å². The molecule has 0 saturated carbocycles. The second kappa shape index (κ2) is 6.65. The molecule has 0 spiro atoms. The van der Waals surface area contributed by atoms with E-state index in [1.54, 1.807) is 0 Å². The summed E-state index contributed by atoms with van der Waals surface area (Å²) >= 11 is 0. The van der Waals surface area contributed by atoms with Crippen LogP contribution in [-0.4, -0.2) is 18.0 Å². The van der Waals surface area contributed by atoms with Crippen LogP contribution in [0.4, 0.5) is 0 Å². The van der Waals surface area contributed by atoms with Crippen molar-refractivity contribution in [1.82, 2.24) is 9.97 Å². The third-order valence-electron chi connectivity index (χ3n) is 5.23. The van der Waals surface area contributed by atoms with Gasteiger partial charge in [0.05, 0.1) is 13.8 Å². The molecule has 4 aromatic rings. The third kappa shape index (κ3) is 3.44. The minimum absolute atomic E-state index is 0.645. The van der Waals surface area contributed by atoms with Gasteiger partial charge in [-0.2, -0.15) is 0 Å². The topological polar surface area (TPSA) is 28.7 Å². The lowest BCUT2D eigenvalue weighted by molar-refractivity contribution is 0.649. The summed E-state index contributed by atoms with van der Waals surface area (Å²) in [6.07, 6.45) is 3.27. The highest BCUT2D eigenvalue weighted by atomic mass is 28.3. The fourth-order valence-electron chi connectivity index (χ4n) is 3.95. The highest BCUT2D eigenvalue weighted by Gasteiger charge is 2.22. The van der Waals surface area contributed by atoms with E-state index in [9.17, 15) is 0 Å². The number of H-pyrrole nitrogens is 1. The lowest BCUT2D eigenvalue weighted by Gasteiger charge is -2.22. The summed E-state index contributed by atoms with van der Waals surface area (Å²) in [5, 5.41) is 4.04.